The SMILES string of the molecule is C=C(/C=C(\C)c1ccccc1)c1ccccc1.CC(=O)/C=C(/C)O.CC(C)(C)C(=O)/C=C(\O)C(C)(C)C.CNc1cccc2cccnc12.O=C(/C=C(\O)C(F)(F)F)C(F)(F)F.O=C(O)c1ccccn1.Oc1cccc2cccnc12. The lowest BCUT2D eigenvalue weighted by Crippen LogP contribution is -2.23. The molecule has 4 aromatic carbocycles. The smallest absolute Gasteiger partial charge is 0.454 e. The summed E-state index contributed by atoms with van der Waals surface area (Å²) in [4.78, 5) is 53.4. The van der Waals surface area contributed by atoms with E-state index in [4.69, 9.17) is 15.3 Å². The number of aromatic hydroxyl groups is 1. The summed E-state index contributed by atoms with van der Waals surface area (Å²) >= 11 is 0. The molecule has 436 valence electrons. The number of aromatic nitrogens is 3. The number of para-hydroxylation sites is 2. The Kier molecular flexibility index (Phi) is 29.2. The monoisotopic (exact) mass is 1140 g/mol. The topological polar surface area (TPSA) is 220 Å². The Hall–Kier alpha value is -9.39. The number of nitrogens with one attached hydrogen (secondary N) is 1. The second-order valence-electron chi connectivity index (χ2n) is 19.3. The van der Waals surface area contributed by atoms with Crippen LogP contribution in [0.2, 0.25) is 0 Å². The van der Waals surface area contributed by atoms with Crippen LogP contribution in [-0.2, 0) is 14.4 Å². The van der Waals surface area contributed by atoms with Gasteiger partial charge < -0.3 is 30.8 Å². The van der Waals surface area contributed by atoms with Gasteiger partial charge in [-0.1, -0.05) is 157 Å². The van der Waals surface area contributed by atoms with Crippen LogP contribution in [0.1, 0.15) is 83.9 Å². The molecule has 0 saturated carbocycles. The highest BCUT2D eigenvalue weighted by molar-refractivity contribution is 5.95. The molecule has 13 nitrogen and oxygen atoms in total. The van der Waals surface area contributed by atoms with Crippen molar-refractivity contribution in [2.24, 2.45) is 10.8 Å². The van der Waals surface area contributed by atoms with E-state index in [0.29, 0.717) is 5.52 Å². The lowest BCUT2D eigenvalue weighted by Gasteiger charge is -2.19. The van der Waals surface area contributed by atoms with E-state index in [2.05, 4.69) is 88.4 Å². The second kappa shape index (κ2) is 33.9. The molecule has 3 aromatic heterocycles. The summed E-state index contributed by atoms with van der Waals surface area (Å²) in [5, 5.41) is 48.7. The molecule has 0 amide bonds. The van der Waals surface area contributed by atoms with Gasteiger partial charge in [0.1, 0.15) is 22.7 Å². The molecule has 7 aromatic rings. The minimum absolute atomic E-state index is 0.0417. The van der Waals surface area contributed by atoms with Gasteiger partial charge in [-0.15, -0.1) is 0 Å². The highest BCUT2D eigenvalue weighted by atomic mass is 19.4. The summed E-state index contributed by atoms with van der Waals surface area (Å²) in [5.74, 6) is -6.05. The Morgan fingerprint density at radius 1 is 0.500 bits per heavy atom. The van der Waals surface area contributed by atoms with Gasteiger partial charge in [-0.2, -0.15) is 26.3 Å². The van der Waals surface area contributed by atoms with Gasteiger partial charge in [-0.05, 0) is 79.4 Å². The number of nitrogens with zero attached hydrogens (tertiary/aromatic N) is 3. The van der Waals surface area contributed by atoms with E-state index in [1.807, 2.05) is 115 Å². The van der Waals surface area contributed by atoms with Crippen molar-refractivity contribution in [2.45, 2.75) is 74.7 Å². The summed E-state index contributed by atoms with van der Waals surface area (Å²) in [6.45, 7) is 20.2. The number of alkyl halides is 6. The van der Waals surface area contributed by atoms with E-state index < -0.39 is 41.4 Å². The zero-order valence-corrected chi connectivity index (χ0v) is 47.0. The predicted octanol–water partition coefficient (Wildman–Crippen LogP) is 16.0. The van der Waals surface area contributed by atoms with Crippen molar-refractivity contribution in [1.29, 1.82) is 0 Å². The number of halogens is 6. The number of allylic oxidation sites excluding steroid dienone is 9. The molecule has 0 radical (unpaired) electrons. The van der Waals surface area contributed by atoms with E-state index in [1.54, 1.807) is 30.5 Å². The van der Waals surface area contributed by atoms with Crippen LogP contribution in [0.25, 0.3) is 33.0 Å². The fraction of sp³-hybridized carbons (Fsp3) is 0.222. The molecule has 0 unspecified atom stereocenters. The average molecular weight is 1140 g/mol. The number of carboxylic acid groups (broad SMARTS) is 1. The minimum Gasteiger partial charge on any atom is -0.512 e. The van der Waals surface area contributed by atoms with Crippen LogP contribution in [0, 0.1) is 10.8 Å². The molecular formula is C63H68F6N4O9. The molecule has 7 rings (SSSR count). The van der Waals surface area contributed by atoms with Gasteiger partial charge >= 0.3 is 18.3 Å². The van der Waals surface area contributed by atoms with Crippen LogP contribution < -0.4 is 5.32 Å². The first-order valence-corrected chi connectivity index (χ1v) is 24.7. The molecule has 6 N–H and O–H groups in total. The number of phenolic OH excluding ortho intramolecular Hbond substituents is 1. The van der Waals surface area contributed by atoms with E-state index >= 15 is 0 Å². The number of rotatable bonds is 8. The van der Waals surface area contributed by atoms with Gasteiger partial charge in [0.2, 0.25) is 5.76 Å². The highest BCUT2D eigenvalue weighted by Crippen LogP contribution is 2.27. The van der Waals surface area contributed by atoms with E-state index in [1.165, 1.54) is 60.3 Å². The van der Waals surface area contributed by atoms with Crippen LogP contribution in [0.3, 0.4) is 0 Å². The molecule has 0 atom stereocenters. The van der Waals surface area contributed by atoms with Crippen molar-refractivity contribution in [3.8, 4) is 5.75 Å². The van der Waals surface area contributed by atoms with Crippen LogP contribution in [-0.4, -0.2) is 83.2 Å². The van der Waals surface area contributed by atoms with Gasteiger partial charge in [0.25, 0.3) is 5.78 Å². The number of aliphatic hydroxyl groups excluding tert-OH is 3. The van der Waals surface area contributed by atoms with Crippen LogP contribution >= 0.6 is 0 Å². The quantitative estimate of drug-likeness (QED) is 0.0361. The summed E-state index contributed by atoms with van der Waals surface area (Å²) in [6, 6.07) is 44.6. The molecule has 0 spiro atoms. The maximum atomic E-state index is 11.5. The summed E-state index contributed by atoms with van der Waals surface area (Å²) in [5.41, 5.74) is 6.78. The normalized spacial score (nSPS) is 11.7. The third-order valence-electron chi connectivity index (χ3n) is 10.2. The number of benzene rings is 4. The standard InChI is InChI=1S/C17H16.C11H20O2.C10H10N2.C9H7NO.C6H5NO2.C5H2F6O2.C5H8O2/c1-14(16-9-5-3-6-10-16)13-15(2)17-11-7-4-8-12-17;1-10(2,3)8(12)7-9(13)11(4,5)6;1-11-9-6-2-4-8-5-3-7-12-10(8)9;11-8-5-1-3-7-4-2-6-10-9(7)8;8-6(9)5-3-1-2-4-7-5;6-4(7,8)2(12)1-3(13)5(9,10)11;1-4(6)3-5(2)7/h3-13H,1H2,2H3;7,12H,1-6H3;2-7,11H,1H3;1-6,11H;1-4H,(H,8,9);1,12H;3,6H,1-2H3/b15-13+;8-7-;;;;2-1-;4-3-. The van der Waals surface area contributed by atoms with Crippen molar-refractivity contribution in [3.05, 3.63) is 223 Å². The highest BCUT2D eigenvalue weighted by Gasteiger charge is 2.41. The van der Waals surface area contributed by atoms with Gasteiger partial charge in [-0.25, -0.2) is 9.78 Å². The first-order valence-electron chi connectivity index (χ1n) is 24.7. The summed E-state index contributed by atoms with van der Waals surface area (Å²) in [7, 11) is 1.91. The van der Waals surface area contributed by atoms with Gasteiger partial charge in [-0.3, -0.25) is 24.4 Å². The average Bonchev–Trinajstić information content (AvgIpc) is 3.41. The number of carbonyl (C=O) groups is 4. The number of pyridine rings is 3. The van der Waals surface area contributed by atoms with Crippen molar-refractivity contribution in [1.82, 2.24) is 15.0 Å². The van der Waals surface area contributed by atoms with Gasteiger partial charge in [0.05, 0.1) is 17.0 Å². The largest absolute Gasteiger partial charge is 0.512 e. The Labute approximate surface area is 473 Å². The lowest BCUT2D eigenvalue weighted by atomic mass is 9.87. The van der Waals surface area contributed by atoms with Crippen LogP contribution in [0.5, 0.6) is 5.75 Å². The molecule has 0 saturated heterocycles. The third-order valence-corrected chi connectivity index (χ3v) is 10.2. The number of aromatic carboxylic acids is 1. The predicted molar refractivity (Wildman–Crippen MR) is 311 cm³/mol. The first-order chi connectivity index (χ1) is 38.1. The molecular weight excluding hydrogens is 1070 g/mol. The Balaban J connectivity index is 0.000000485. The van der Waals surface area contributed by atoms with E-state index in [9.17, 15) is 55.7 Å². The number of ketones is 3. The van der Waals surface area contributed by atoms with E-state index in [-0.39, 0.29) is 39.9 Å². The number of hydrogen-bond donors (Lipinski definition) is 6. The Morgan fingerprint density at radius 3 is 1.37 bits per heavy atom. The zero-order valence-electron chi connectivity index (χ0n) is 47.0. The maximum Gasteiger partial charge on any atom is 0.454 e. The molecule has 3 heterocycles. The van der Waals surface area contributed by atoms with Gasteiger partial charge in [0.15, 0.2) is 11.6 Å². The fourth-order valence-electron chi connectivity index (χ4n) is 5.80. The van der Waals surface area contributed by atoms with Crippen molar-refractivity contribution in [3.63, 3.8) is 0 Å². The summed E-state index contributed by atoms with van der Waals surface area (Å²) in [6.07, 6.45) is -2.13. The molecule has 19 heteroatoms. The maximum absolute atomic E-state index is 11.5. The molecule has 0 aliphatic carbocycles. The molecule has 0 aliphatic heterocycles. The van der Waals surface area contributed by atoms with Crippen molar-refractivity contribution < 1.29 is 71.1 Å². The number of fused-ring (bicyclic) bond motifs is 2. The third kappa shape index (κ3) is 28.0. The first kappa shape index (κ1) is 70.6. The van der Waals surface area contributed by atoms with Crippen LogP contribution in [0.4, 0.5) is 32.0 Å². The fourth-order valence-corrected chi connectivity index (χ4v) is 5.80. The minimum atomic E-state index is -5.42. The van der Waals surface area contributed by atoms with Crippen LogP contribution in [0.15, 0.2) is 206 Å². The second-order valence-corrected chi connectivity index (χ2v) is 19.3. The Morgan fingerprint density at radius 2 is 0.963 bits per heavy atom. The number of aliphatic hydroxyl groups is 3. The summed E-state index contributed by atoms with van der Waals surface area (Å²) < 4.78 is 68.1. The van der Waals surface area contributed by atoms with E-state index in [0.717, 1.165) is 22.2 Å². The number of hydrogen-bond acceptors (Lipinski definition) is 12. The van der Waals surface area contributed by atoms with Gasteiger partial charge in [0, 0.05) is 65.5 Å². The van der Waals surface area contributed by atoms with Crippen molar-refractivity contribution in [2.75, 3.05) is 12.4 Å². The molecule has 82 heavy (non-hydrogen) atoms. The lowest BCUT2D eigenvalue weighted by molar-refractivity contribution is -0.166. The number of carboxylic acids is 1. The Bertz CT molecular complexity index is 3230. The number of carbonyl (C=O) groups excluding carboxylic acids is 3. The molecule has 0 aliphatic rings. The number of phenols is 1. The zero-order chi connectivity index (χ0) is 62.4. The molecule has 0 bridgehead atoms. The number of anilines is 1. The molecule has 0 fully saturated rings. The van der Waals surface area contributed by atoms with Crippen molar-refractivity contribution >= 4 is 62.0 Å².